The highest BCUT2D eigenvalue weighted by atomic mass is 32.2. The van der Waals surface area contributed by atoms with Crippen LogP contribution in [0.25, 0.3) is 16.7 Å². The third kappa shape index (κ3) is 3.92. The molecule has 0 saturated carbocycles. The van der Waals surface area contributed by atoms with Crippen molar-refractivity contribution in [3.8, 4) is 11.6 Å². The summed E-state index contributed by atoms with van der Waals surface area (Å²) in [5.41, 5.74) is 1.45. The number of aromatic nitrogens is 3. The van der Waals surface area contributed by atoms with E-state index in [1.165, 1.54) is 16.9 Å². The molecule has 0 aliphatic heterocycles. The third-order valence-electron chi connectivity index (χ3n) is 4.69. The molecule has 1 aromatic carbocycles. The van der Waals surface area contributed by atoms with Crippen LogP contribution in [-0.2, 0) is 14.8 Å². The van der Waals surface area contributed by atoms with Gasteiger partial charge in [-0.25, -0.2) is 18.2 Å². The Morgan fingerprint density at radius 3 is 2.75 bits per heavy atom. The van der Waals surface area contributed by atoms with Crippen molar-refractivity contribution in [2.24, 2.45) is 0 Å². The first-order valence-corrected chi connectivity index (χ1v) is 12.0. The maximum absolute atomic E-state index is 12.9. The summed E-state index contributed by atoms with van der Waals surface area (Å²) < 4.78 is 40.2. The van der Waals surface area contributed by atoms with Crippen LogP contribution in [0.2, 0.25) is 0 Å². The number of fused-ring (bicyclic) bond motifs is 1. The van der Waals surface area contributed by atoms with Gasteiger partial charge in [-0.15, -0.1) is 11.3 Å². The van der Waals surface area contributed by atoms with Gasteiger partial charge in [-0.3, -0.25) is 4.72 Å². The van der Waals surface area contributed by atoms with E-state index < -0.39 is 16.0 Å². The number of anilines is 1. The van der Waals surface area contributed by atoms with Crippen molar-refractivity contribution in [2.75, 3.05) is 18.4 Å². The number of carbonyl (C=O) groups excluding carboxylic acids is 1. The standard InChI is InChI=1S/C21H20N4O5S2/c1-4-30-21(26)15-12-22-25(20(15)24-32(27,28)18-9-6-10-31-18)17-11-13(2)14-7-5-8-16(29-3)19(14)23-17/h5-12,24H,4H2,1-3H3. The number of para-hydroxylation sites is 1. The Balaban J connectivity index is 1.91. The molecule has 9 nitrogen and oxygen atoms in total. The van der Waals surface area contributed by atoms with Crippen molar-refractivity contribution in [2.45, 2.75) is 18.1 Å². The predicted molar refractivity (Wildman–Crippen MR) is 121 cm³/mol. The van der Waals surface area contributed by atoms with Gasteiger partial charge in [0.15, 0.2) is 11.6 Å². The number of carbonyl (C=O) groups is 1. The van der Waals surface area contributed by atoms with Crippen molar-refractivity contribution in [1.82, 2.24) is 14.8 Å². The fraction of sp³-hybridized carbons (Fsp3) is 0.190. The van der Waals surface area contributed by atoms with E-state index in [1.807, 2.05) is 19.1 Å². The molecular weight excluding hydrogens is 452 g/mol. The average Bonchev–Trinajstić information content (AvgIpc) is 3.44. The van der Waals surface area contributed by atoms with Crippen LogP contribution >= 0.6 is 11.3 Å². The molecule has 0 amide bonds. The van der Waals surface area contributed by atoms with Gasteiger partial charge < -0.3 is 9.47 Å². The molecule has 3 aromatic heterocycles. The number of pyridine rings is 1. The van der Waals surface area contributed by atoms with Crippen molar-refractivity contribution in [3.05, 3.63) is 59.1 Å². The van der Waals surface area contributed by atoms with Crippen LogP contribution in [0.3, 0.4) is 0 Å². The van der Waals surface area contributed by atoms with Crippen molar-refractivity contribution < 1.29 is 22.7 Å². The lowest BCUT2D eigenvalue weighted by Gasteiger charge is -2.13. The number of hydrogen-bond acceptors (Lipinski definition) is 8. The smallest absolute Gasteiger partial charge is 0.343 e. The number of nitrogens with one attached hydrogen (secondary N) is 1. The van der Waals surface area contributed by atoms with Gasteiger partial charge in [-0.1, -0.05) is 18.2 Å². The van der Waals surface area contributed by atoms with E-state index in [1.54, 1.807) is 37.6 Å². The van der Waals surface area contributed by atoms with Crippen LogP contribution in [0.15, 0.2) is 52.2 Å². The summed E-state index contributed by atoms with van der Waals surface area (Å²) in [6.45, 7) is 3.70. The largest absolute Gasteiger partial charge is 0.494 e. The van der Waals surface area contributed by atoms with Gasteiger partial charge >= 0.3 is 5.97 Å². The topological polar surface area (TPSA) is 112 Å². The Bertz CT molecular complexity index is 1400. The van der Waals surface area contributed by atoms with Crippen molar-refractivity contribution >= 4 is 44.1 Å². The second-order valence-electron chi connectivity index (χ2n) is 6.73. The summed E-state index contributed by atoms with van der Waals surface area (Å²) in [5, 5.41) is 6.78. The average molecular weight is 473 g/mol. The molecule has 166 valence electrons. The number of hydrogen-bond donors (Lipinski definition) is 1. The zero-order chi connectivity index (χ0) is 22.9. The molecule has 32 heavy (non-hydrogen) atoms. The third-order valence-corrected chi connectivity index (χ3v) is 7.42. The minimum absolute atomic E-state index is 0.0217. The Labute approximate surface area is 188 Å². The monoisotopic (exact) mass is 472 g/mol. The lowest BCUT2D eigenvalue weighted by atomic mass is 10.1. The Kier molecular flexibility index (Phi) is 5.85. The molecule has 3 heterocycles. The highest BCUT2D eigenvalue weighted by Crippen LogP contribution is 2.30. The summed E-state index contributed by atoms with van der Waals surface area (Å²) in [5.74, 6) is 0.126. The summed E-state index contributed by atoms with van der Waals surface area (Å²) in [4.78, 5) is 17.2. The predicted octanol–water partition coefficient (Wildman–Crippen LogP) is 3.78. The normalized spacial score (nSPS) is 11.5. The molecule has 0 aliphatic rings. The minimum atomic E-state index is -3.96. The molecule has 0 spiro atoms. The van der Waals surface area contributed by atoms with Gasteiger partial charge in [-0.05, 0) is 43.0 Å². The van der Waals surface area contributed by atoms with Gasteiger partial charge in [0, 0.05) is 5.39 Å². The number of ether oxygens (including phenoxy) is 2. The number of aryl methyl sites for hydroxylation is 1. The van der Waals surface area contributed by atoms with Gasteiger partial charge in [0.05, 0.1) is 19.9 Å². The van der Waals surface area contributed by atoms with E-state index in [9.17, 15) is 13.2 Å². The van der Waals surface area contributed by atoms with Crippen LogP contribution in [0.4, 0.5) is 5.82 Å². The first-order chi connectivity index (χ1) is 15.4. The molecule has 0 aliphatic carbocycles. The van der Waals surface area contributed by atoms with Gasteiger partial charge in [0.1, 0.15) is 21.0 Å². The molecule has 0 fully saturated rings. The van der Waals surface area contributed by atoms with E-state index in [4.69, 9.17) is 9.47 Å². The first-order valence-electron chi connectivity index (χ1n) is 9.62. The number of rotatable bonds is 7. The van der Waals surface area contributed by atoms with E-state index in [0.717, 1.165) is 22.3 Å². The Morgan fingerprint density at radius 2 is 2.06 bits per heavy atom. The highest BCUT2D eigenvalue weighted by molar-refractivity contribution is 7.94. The van der Waals surface area contributed by atoms with Crippen molar-refractivity contribution in [1.29, 1.82) is 0 Å². The summed E-state index contributed by atoms with van der Waals surface area (Å²) in [7, 11) is -2.41. The Hall–Kier alpha value is -3.44. The fourth-order valence-electron chi connectivity index (χ4n) is 3.22. The molecule has 1 N–H and O–H groups in total. The Morgan fingerprint density at radius 1 is 1.25 bits per heavy atom. The van der Waals surface area contributed by atoms with E-state index in [2.05, 4.69) is 14.8 Å². The fourth-order valence-corrected chi connectivity index (χ4v) is 5.28. The second-order valence-corrected chi connectivity index (χ2v) is 9.59. The second kappa shape index (κ2) is 8.60. The van der Waals surface area contributed by atoms with Crippen LogP contribution in [0, 0.1) is 6.92 Å². The first kappa shape index (κ1) is 21.8. The molecule has 11 heteroatoms. The molecular formula is C21H20N4O5S2. The molecule has 0 radical (unpaired) electrons. The molecule has 0 unspecified atom stereocenters. The van der Waals surface area contributed by atoms with Gasteiger partial charge in [-0.2, -0.15) is 9.78 Å². The number of thiophene rings is 1. The molecule has 0 bridgehead atoms. The summed E-state index contributed by atoms with van der Waals surface area (Å²) in [6.07, 6.45) is 1.26. The quantitative estimate of drug-likeness (QED) is 0.407. The van der Waals surface area contributed by atoms with Gasteiger partial charge in [0.2, 0.25) is 0 Å². The van der Waals surface area contributed by atoms with E-state index >= 15 is 0 Å². The van der Waals surface area contributed by atoms with E-state index in [-0.39, 0.29) is 22.2 Å². The summed E-state index contributed by atoms with van der Waals surface area (Å²) >= 11 is 1.06. The van der Waals surface area contributed by atoms with Gasteiger partial charge in [0.25, 0.3) is 10.0 Å². The maximum atomic E-state index is 12.9. The molecule has 0 atom stereocenters. The number of benzene rings is 1. The number of methoxy groups -OCH3 is 1. The zero-order valence-electron chi connectivity index (χ0n) is 17.5. The lowest BCUT2D eigenvalue weighted by Crippen LogP contribution is -2.18. The highest BCUT2D eigenvalue weighted by Gasteiger charge is 2.26. The van der Waals surface area contributed by atoms with E-state index in [0.29, 0.717) is 17.1 Å². The lowest BCUT2D eigenvalue weighted by molar-refractivity contribution is 0.0527. The SMILES string of the molecule is CCOC(=O)c1cnn(-c2cc(C)c3cccc(OC)c3n2)c1NS(=O)(=O)c1cccs1. The molecule has 4 aromatic rings. The molecule has 0 saturated heterocycles. The zero-order valence-corrected chi connectivity index (χ0v) is 19.2. The number of esters is 1. The number of nitrogens with zero attached hydrogens (tertiary/aromatic N) is 3. The number of sulfonamides is 1. The van der Waals surface area contributed by atoms with Crippen LogP contribution in [0.1, 0.15) is 22.8 Å². The maximum Gasteiger partial charge on any atom is 0.343 e. The van der Waals surface area contributed by atoms with Crippen molar-refractivity contribution in [3.63, 3.8) is 0 Å². The van der Waals surface area contributed by atoms with Crippen LogP contribution in [0.5, 0.6) is 5.75 Å². The molecule has 4 rings (SSSR count). The minimum Gasteiger partial charge on any atom is -0.494 e. The van der Waals surface area contributed by atoms with Crippen LogP contribution in [-0.4, -0.2) is 42.9 Å². The summed E-state index contributed by atoms with van der Waals surface area (Å²) in [6, 6.07) is 10.4. The van der Waals surface area contributed by atoms with Crippen LogP contribution < -0.4 is 9.46 Å².